The Morgan fingerprint density at radius 3 is 2.20 bits per heavy atom. The van der Waals surface area contributed by atoms with E-state index in [2.05, 4.69) is 83.6 Å². The maximum atomic E-state index is 2.37. The van der Waals surface area contributed by atoms with E-state index in [4.69, 9.17) is 0 Å². The minimum absolute atomic E-state index is 0.875. The maximum absolute atomic E-state index is 2.37. The molecule has 3 aromatic rings. The monoisotopic (exact) mass is 260 g/mol. The van der Waals surface area contributed by atoms with Crippen molar-refractivity contribution in [2.75, 3.05) is 23.5 Å². The summed E-state index contributed by atoms with van der Waals surface area (Å²) < 4.78 is 0. The Hall–Kier alpha value is -2.48. The zero-order chi connectivity index (χ0) is 13.5. The molecule has 3 aromatic carbocycles. The van der Waals surface area contributed by atoms with Gasteiger partial charge in [-0.3, -0.25) is 0 Å². The van der Waals surface area contributed by atoms with E-state index in [1.165, 1.54) is 27.8 Å². The van der Waals surface area contributed by atoms with Gasteiger partial charge in [-0.15, -0.1) is 0 Å². The second kappa shape index (κ2) is 4.27. The van der Waals surface area contributed by atoms with Crippen LogP contribution in [0.25, 0.3) is 10.8 Å². The van der Waals surface area contributed by atoms with Gasteiger partial charge in [-0.05, 0) is 29.7 Å². The molecule has 0 fully saturated rings. The fourth-order valence-corrected chi connectivity index (χ4v) is 3.04. The van der Waals surface area contributed by atoms with Crippen molar-refractivity contribution in [3.8, 4) is 0 Å². The Kier molecular flexibility index (Phi) is 2.43. The summed E-state index contributed by atoms with van der Waals surface area (Å²) in [6.07, 6.45) is 0. The van der Waals surface area contributed by atoms with Gasteiger partial charge in [-0.1, -0.05) is 42.5 Å². The van der Waals surface area contributed by atoms with E-state index in [1.807, 2.05) is 0 Å². The molecule has 0 atom stereocenters. The van der Waals surface area contributed by atoms with Gasteiger partial charge in [0.25, 0.3) is 0 Å². The summed E-state index contributed by atoms with van der Waals surface area (Å²) in [5, 5.41) is 2.64. The third-order valence-electron chi connectivity index (χ3n) is 3.98. The number of benzene rings is 3. The second-order valence-corrected chi connectivity index (χ2v) is 5.26. The van der Waals surface area contributed by atoms with E-state index < -0.39 is 0 Å². The molecule has 98 valence electrons. The summed E-state index contributed by atoms with van der Waals surface area (Å²) >= 11 is 0. The Morgan fingerprint density at radius 2 is 1.45 bits per heavy atom. The number of hydrogen-bond acceptors (Lipinski definition) is 2. The van der Waals surface area contributed by atoms with E-state index in [0.717, 1.165) is 6.67 Å². The van der Waals surface area contributed by atoms with E-state index in [0.29, 0.717) is 0 Å². The molecule has 1 aliphatic rings. The molecule has 0 aromatic heterocycles. The fourth-order valence-electron chi connectivity index (χ4n) is 3.04. The SMILES string of the molecule is CN1CN(c2ccccc2)c2cccc3cccc1c23. The third-order valence-corrected chi connectivity index (χ3v) is 3.98. The summed E-state index contributed by atoms with van der Waals surface area (Å²) in [6, 6.07) is 23.6. The third kappa shape index (κ3) is 1.58. The molecule has 0 unspecified atom stereocenters. The Morgan fingerprint density at radius 1 is 0.750 bits per heavy atom. The van der Waals surface area contributed by atoms with Crippen LogP contribution in [0.3, 0.4) is 0 Å². The normalized spacial score (nSPS) is 13.8. The van der Waals surface area contributed by atoms with Crippen LogP contribution in [0.2, 0.25) is 0 Å². The molecule has 0 N–H and O–H groups in total. The zero-order valence-electron chi connectivity index (χ0n) is 11.5. The van der Waals surface area contributed by atoms with Crippen molar-refractivity contribution in [3.63, 3.8) is 0 Å². The quantitative estimate of drug-likeness (QED) is 0.640. The van der Waals surface area contributed by atoms with Crippen LogP contribution in [0.1, 0.15) is 0 Å². The van der Waals surface area contributed by atoms with Gasteiger partial charge < -0.3 is 9.80 Å². The molecule has 0 saturated carbocycles. The van der Waals surface area contributed by atoms with E-state index in [9.17, 15) is 0 Å². The van der Waals surface area contributed by atoms with Gasteiger partial charge in [0.15, 0.2) is 0 Å². The highest BCUT2D eigenvalue weighted by atomic mass is 15.3. The van der Waals surface area contributed by atoms with Crippen molar-refractivity contribution in [2.45, 2.75) is 0 Å². The lowest BCUT2D eigenvalue weighted by atomic mass is 10.0. The second-order valence-electron chi connectivity index (χ2n) is 5.26. The number of hydrogen-bond donors (Lipinski definition) is 0. The Balaban J connectivity index is 2.01. The minimum atomic E-state index is 0.875. The molecule has 20 heavy (non-hydrogen) atoms. The minimum Gasteiger partial charge on any atom is -0.356 e. The van der Waals surface area contributed by atoms with Gasteiger partial charge in [-0.2, -0.15) is 0 Å². The molecule has 4 rings (SSSR count). The van der Waals surface area contributed by atoms with Gasteiger partial charge >= 0.3 is 0 Å². The number of anilines is 3. The van der Waals surface area contributed by atoms with Gasteiger partial charge in [-0.25, -0.2) is 0 Å². The average Bonchev–Trinajstić information content (AvgIpc) is 2.52. The number of rotatable bonds is 1. The molecule has 2 nitrogen and oxygen atoms in total. The summed E-state index contributed by atoms with van der Waals surface area (Å²) in [4.78, 5) is 4.68. The van der Waals surface area contributed by atoms with E-state index >= 15 is 0 Å². The molecular weight excluding hydrogens is 244 g/mol. The molecule has 0 bridgehead atoms. The van der Waals surface area contributed by atoms with Crippen LogP contribution < -0.4 is 9.80 Å². The van der Waals surface area contributed by atoms with Gasteiger partial charge in [0, 0.05) is 23.8 Å². The summed E-state index contributed by atoms with van der Waals surface area (Å²) in [7, 11) is 2.15. The first-order chi connectivity index (χ1) is 9.84. The number of para-hydroxylation sites is 1. The predicted molar refractivity (Wildman–Crippen MR) is 85.8 cm³/mol. The molecule has 0 amide bonds. The summed E-state index contributed by atoms with van der Waals surface area (Å²) in [5.41, 5.74) is 3.84. The van der Waals surface area contributed by atoms with Crippen molar-refractivity contribution >= 4 is 27.8 Å². The molecule has 0 aliphatic carbocycles. The molecule has 1 aliphatic heterocycles. The molecular formula is C18H16N2. The first-order valence-electron chi connectivity index (χ1n) is 6.90. The maximum Gasteiger partial charge on any atom is 0.0949 e. The van der Waals surface area contributed by atoms with Crippen LogP contribution in [0.5, 0.6) is 0 Å². The van der Waals surface area contributed by atoms with Gasteiger partial charge in [0.2, 0.25) is 0 Å². The lowest BCUT2D eigenvalue weighted by Gasteiger charge is -2.37. The van der Waals surface area contributed by atoms with Crippen molar-refractivity contribution in [2.24, 2.45) is 0 Å². The van der Waals surface area contributed by atoms with E-state index in [-0.39, 0.29) is 0 Å². The van der Waals surface area contributed by atoms with Crippen LogP contribution in [0, 0.1) is 0 Å². The summed E-state index contributed by atoms with van der Waals surface area (Å²) in [6.45, 7) is 0.875. The lowest BCUT2D eigenvalue weighted by molar-refractivity contribution is 0.880. The van der Waals surface area contributed by atoms with Crippen molar-refractivity contribution < 1.29 is 0 Å². The van der Waals surface area contributed by atoms with Crippen LogP contribution in [0.4, 0.5) is 17.1 Å². The van der Waals surface area contributed by atoms with Gasteiger partial charge in [0.1, 0.15) is 0 Å². The average molecular weight is 260 g/mol. The van der Waals surface area contributed by atoms with Crippen molar-refractivity contribution in [3.05, 3.63) is 66.7 Å². The zero-order valence-corrected chi connectivity index (χ0v) is 11.5. The van der Waals surface area contributed by atoms with Crippen LogP contribution in [0.15, 0.2) is 66.7 Å². The molecule has 0 radical (unpaired) electrons. The lowest BCUT2D eigenvalue weighted by Crippen LogP contribution is -2.35. The molecule has 1 heterocycles. The first kappa shape index (κ1) is 11.4. The van der Waals surface area contributed by atoms with E-state index in [1.54, 1.807) is 0 Å². The van der Waals surface area contributed by atoms with Gasteiger partial charge in [0.05, 0.1) is 12.4 Å². The number of nitrogens with zero attached hydrogens (tertiary/aromatic N) is 2. The van der Waals surface area contributed by atoms with Crippen LogP contribution in [-0.2, 0) is 0 Å². The molecule has 0 saturated heterocycles. The predicted octanol–water partition coefficient (Wildman–Crippen LogP) is 4.39. The van der Waals surface area contributed by atoms with Crippen LogP contribution in [-0.4, -0.2) is 13.7 Å². The Bertz CT molecular complexity index is 759. The van der Waals surface area contributed by atoms with Crippen molar-refractivity contribution in [1.82, 2.24) is 0 Å². The highest BCUT2D eigenvalue weighted by molar-refractivity contribution is 6.06. The molecule has 2 heteroatoms. The highest BCUT2D eigenvalue weighted by Crippen LogP contribution is 2.41. The van der Waals surface area contributed by atoms with Crippen LogP contribution >= 0.6 is 0 Å². The van der Waals surface area contributed by atoms with Crippen molar-refractivity contribution in [1.29, 1.82) is 0 Å². The smallest absolute Gasteiger partial charge is 0.0949 e. The summed E-state index contributed by atoms with van der Waals surface area (Å²) in [5.74, 6) is 0. The largest absolute Gasteiger partial charge is 0.356 e. The molecule has 0 spiro atoms. The fraction of sp³-hybridized carbons (Fsp3) is 0.111. The topological polar surface area (TPSA) is 6.48 Å². The standard InChI is InChI=1S/C18H16N2/c1-19-13-20(15-9-3-2-4-10-15)17-12-6-8-14-7-5-11-16(19)18(14)17/h2-12H,13H2,1H3. The Labute approximate surface area is 118 Å². The first-order valence-corrected chi connectivity index (χ1v) is 6.90. The highest BCUT2D eigenvalue weighted by Gasteiger charge is 2.22.